The van der Waals surface area contributed by atoms with E-state index in [1.54, 1.807) is 0 Å². The molecular formula is C23H19NO2. The number of hydrogen-bond donors (Lipinski definition) is 0. The Kier molecular flexibility index (Phi) is 4.13. The second-order valence-electron chi connectivity index (χ2n) is 6.58. The zero-order valence-corrected chi connectivity index (χ0v) is 14.5. The number of rotatable bonds is 3. The van der Waals surface area contributed by atoms with Gasteiger partial charge in [-0.3, -0.25) is 9.59 Å². The molecule has 3 aromatic carbocycles. The van der Waals surface area contributed by atoms with E-state index < -0.39 is 11.8 Å². The highest BCUT2D eigenvalue weighted by molar-refractivity contribution is 6.25. The molecule has 3 nitrogen and oxygen atoms in total. The van der Waals surface area contributed by atoms with Crippen LogP contribution in [0.3, 0.4) is 0 Å². The van der Waals surface area contributed by atoms with E-state index in [2.05, 4.69) is 0 Å². The molecule has 1 heterocycles. The normalized spacial score (nSPS) is 19.8. The predicted molar refractivity (Wildman–Crippen MR) is 102 cm³/mol. The zero-order valence-electron chi connectivity index (χ0n) is 14.5. The second-order valence-corrected chi connectivity index (χ2v) is 6.58. The van der Waals surface area contributed by atoms with Crippen LogP contribution in [0.4, 0.5) is 5.69 Å². The van der Waals surface area contributed by atoms with E-state index >= 15 is 0 Å². The summed E-state index contributed by atoms with van der Waals surface area (Å²) in [4.78, 5) is 28.1. The van der Waals surface area contributed by atoms with Gasteiger partial charge in [0.2, 0.25) is 11.8 Å². The van der Waals surface area contributed by atoms with Crippen molar-refractivity contribution in [3.8, 4) is 0 Å². The minimum atomic E-state index is -0.509. The predicted octanol–water partition coefficient (Wildman–Crippen LogP) is 4.44. The number of carbonyl (C=O) groups is 2. The van der Waals surface area contributed by atoms with Crippen LogP contribution in [0.5, 0.6) is 0 Å². The second kappa shape index (κ2) is 6.60. The van der Waals surface area contributed by atoms with Gasteiger partial charge in [-0.1, -0.05) is 78.9 Å². The van der Waals surface area contributed by atoms with Crippen molar-refractivity contribution in [1.29, 1.82) is 0 Å². The zero-order chi connectivity index (χ0) is 18.1. The fraction of sp³-hybridized carbons (Fsp3) is 0.130. The lowest BCUT2D eigenvalue weighted by Gasteiger charge is -2.17. The maximum absolute atomic E-state index is 13.4. The minimum Gasteiger partial charge on any atom is -0.273 e. The molecule has 4 rings (SSSR count). The summed E-state index contributed by atoms with van der Waals surface area (Å²) in [6.45, 7) is 1.92. The number of nitrogens with zero attached hydrogens (tertiary/aromatic N) is 1. The van der Waals surface area contributed by atoms with E-state index in [1.807, 2.05) is 91.9 Å². The van der Waals surface area contributed by atoms with Crippen LogP contribution in [0.1, 0.15) is 28.5 Å². The first-order valence-corrected chi connectivity index (χ1v) is 8.72. The standard InChI is InChI=1S/C23H19NO2/c1-16-10-8-9-15-19(16)24-22(25)20(17-11-4-2-5-12-17)21(23(24)26)18-13-6-3-7-14-18/h2-15,20-21H,1H3. The van der Waals surface area contributed by atoms with E-state index in [0.717, 1.165) is 16.7 Å². The first-order valence-electron chi connectivity index (χ1n) is 8.72. The highest BCUT2D eigenvalue weighted by Crippen LogP contribution is 2.43. The van der Waals surface area contributed by atoms with Gasteiger partial charge in [-0.05, 0) is 29.7 Å². The molecule has 0 aliphatic carbocycles. The number of imide groups is 1. The molecular weight excluding hydrogens is 322 g/mol. The molecule has 0 bridgehead atoms. The fourth-order valence-electron chi connectivity index (χ4n) is 3.71. The molecule has 0 radical (unpaired) electrons. The summed E-state index contributed by atoms with van der Waals surface area (Å²) >= 11 is 0. The first kappa shape index (κ1) is 16.3. The quantitative estimate of drug-likeness (QED) is 0.661. The van der Waals surface area contributed by atoms with Gasteiger partial charge in [0, 0.05) is 0 Å². The Morgan fingerprint density at radius 1 is 0.615 bits per heavy atom. The fourth-order valence-corrected chi connectivity index (χ4v) is 3.71. The van der Waals surface area contributed by atoms with Crippen molar-refractivity contribution in [2.75, 3.05) is 4.90 Å². The van der Waals surface area contributed by atoms with Crippen LogP contribution in [0.25, 0.3) is 0 Å². The Hall–Kier alpha value is -3.20. The SMILES string of the molecule is Cc1ccccc1N1C(=O)C(c2ccccc2)C(c2ccccc2)C1=O. The summed E-state index contributed by atoms with van der Waals surface area (Å²) in [5.41, 5.74) is 3.32. The van der Waals surface area contributed by atoms with Gasteiger partial charge in [-0.15, -0.1) is 0 Å². The van der Waals surface area contributed by atoms with E-state index in [0.29, 0.717) is 5.69 Å². The molecule has 0 saturated carbocycles. The molecule has 1 aliphatic heterocycles. The number of hydrogen-bond acceptors (Lipinski definition) is 2. The van der Waals surface area contributed by atoms with Crippen LogP contribution in [0, 0.1) is 6.92 Å². The third kappa shape index (κ3) is 2.62. The van der Waals surface area contributed by atoms with Crippen LogP contribution in [0.2, 0.25) is 0 Å². The molecule has 2 atom stereocenters. The monoisotopic (exact) mass is 341 g/mol. The molecule has 1 saturated heterocycles. The molecule has 128 valence electrons. The lowest BCUT2D eigenvalue weighted by atomic mass is 9.83. The Morgan fingerprint density at radius 3 is 1.50 bits per heavy atom. The van der Waals surface area contributed by atoms with Crippen molar-refractivity contribution in [3.05, 3.63) is 102 Å². The Morgan fingerprint density at radius 2 is 1.04 bits per heavy atom. The van der Waals surface area contributed by atoms with E-state index in [4.69, 9.17) is 0 Å². The van der Waals surface area contributed by atoms with Crippen LogP contribution < -0.4 is 4.90 Å². The number of anilines is 1. The Bertz CT molecular complexity index is 893. The van der Waals surface area contributed by atoms with E-state index in [9.17, 15) is 9.59 Å². The van der Waals surface area contributed by atoms with E-state index in [1.165, 1.54) is 4.90 Å². The third-order valence-corrected chi connectivity index (χ3v) is 4.98. The van der Waals surface area contributed by atoms with Crippen molar-refractivity contribution >= 4 is 17.5 Å². The van der Waals surface area contributed by atoms with Crippen molar-refractivity contribution in [1.82, 2.24) is 0 Å². The Balaban J connectivity index is 1.87. The highest BCUT2D eigenvalue weighted by Gasteiger charge is 2.49. The third-order valence-electron chi connectivity index (χ3n) is 4.98. The summed E-state index contributed by atoms with van der Waals surface area (Å²) < 4.78 is 0. The summed E-state index contributed by atoms with van der Waals surface area (Å²) in [6, 6.07) is 26.7. The molecule has 0 N–H and O–H groups in total. The molecule has 2 unspecified atom stereocenters. The van der Waals surface area contributed by atoms with E-state index in [-0.39, 0.29) is 11.8 Å². The average molecular weight is 341 g/mol. The van der Waals surface area contributed by atoms with Crippen molar-refractivity contribution < 1.29 is 9.59 Å². The lowest BCUT2D eigenvalue weighted by Crippen LogP contribution is -2.31. The van der Waals surface area contributed by atoms with Crippen LogP contribution in [-0.2, 0) is 9.59 Å². The van der Waals surface area contributed by atoms with Crippen molar-refractivity contribution in [2.24, 2.45) is 0 Å². The summed E-state index contributed by atoms with van der Waals surface area (Å²) in [7, 11) is 0. The highest BCUT2D eigenvalue weighted by atomic mass is 16.2. The van der Waals surface area contributed by atoms with Gasteiger partial charge in [0.05, 0.1) is 17.5 Å². The summed E-state index contributed by atoms with van der Waals surface area (Å²) in [5.74, 6) is -1.34. The summed E-state index contributed by atoms with van der Waals surface area (Å²) in [5, 5.41) is 0. The molecule has 1 aliphatic rings. The largest absolute Gasteiger partial charge is 0.273 e. The van der Waals surface area contributed by atoms with Crippen LogP contribution in [0.15, 0.2) is 84.9 Å². The van der Waals surface area contributed by atoms with Gasteiger partial charge < -0.3 is 0 Å². The smallest absolute Gasteiger partial charge is 0.242 e. The topological polar surface area (TPSA) is 37.4 Å². The van der Waals surface area contributed by atoms with Crippen LogP contribution in [-0.4, -0.2) is 11.8 Å². The van der Waals surface area contributed by atoms with Crippen molar-refractivity contribution in [3.63, 3.8) is 0 Å². The van der Waals surface area contributed by atoms with Gasteiger partial charge in [0.1, 0.15) is 0 Å². The summed E-state index contributed by atoms with van der Waals surface area (Å²) in [6.07, 6.45) is 0. The van der Waals surface area contributed by atoms with Gasteiger partial charge in [0.25, 0.3) is 0 Å². The van der Waals surface area contributed by atoms with Gasteiger partial charge >= 0.3 is 0 Å². The number of aryl methyl sites for hydroxylation is 1. The molecule has 26 heavy (non-hydrogen) atoms. The van der Waals surface area contributed by atoms with Crippen molar-refractivity contribution in [2.45, 2.75) is 18.8 Å². The van der Waals surface area contributed by atoms with Gasteiger partial charge in [0.15, 0.2) is 0 Å². The number of para-hydroxylation sites is 1. The lowest BCUT2D eigenvalue weighted by molar-refractivity contribution is -0.121. The molecule has 3 aromatic rings. The molecule has 3 heteroatoms. The minimum absolute atomic E-state index is 0.163. The number of carbonyl (C=O) groups excluding carboxylic acids is 2. The maximum Gasteiger partial charge on any atom is 0.242 e. The molecule has 0 spiro atoms. The van der Waals surface area contributed by atoms with Gasteiger partial charge in [-0.2, -0.15) is 0 Å². The maximum atomic E-state index is 13.4. The number of amides is 2. The Labute approximate surface area is 152 Å². The molecule has 0 aromatic heterocycles. The number of benzene rings is 3. The molecule has 2 amide bonds. The average Bonchev–Trinajstić information content (AvgIpc) is 2.94. The van der Waals surface area contributed by atoms with Crippen LogP contribution >= 0.6 is 0 Å². The first-order chi connectivity index (χ1) is 12.7. The molecule has 1 fully saturated rings. The van der Waals surface area contributed by atoms with Gasteiger partial charge in [-0.25, -0.2) is 4.90 Å².